The molecule has 1 aliphatic heterocycles. The molecule has 5 heterocycles. The third-order valence-corrected chi connectivity index (χ3v) is 9.07. The summed E-state index contributed by atoms with van der Waals surface area (Å²) in [5.41, 5.74) is 4.66. The number of benzene rings is 1. The number of hydrogen-bond donors (Lipinski definition) is 1. The Morgan fingerprint density at radius 3 is 2.91 bits per heavy atom. The molecular formula is C25H25N6OS2+. The second-order valence-electron chi connectivity index (χ2n) is 9.14. The van der Waals surface area contributed by atoms with Crippen LogP contribution in [0.15, 0.2) is 40.5 Å². The fraction of sp³-hybridized carbons (Fsp3) is 0.360. The third kappa shape index (κ3) is 3.41. The van der Waals surface area contributed by atoms with Crippen LogP contribution in [0, 0.1) is 6.92 Å². The van der Waals surface area contributed by atoms with Crippen LogP contribution in [0.1, 0.15) is 28.2 Å². The first-order valence-electron chi connectivity index (χ1n) is 11.9. The lowest BCUT2D eigenvalue weighted by Gasteiger charge is -2.23. The molecule has 1 aliphatic carbocycles. The van der Waals surface area contributed by atoms with Crippen LogP contribution in [0.5, 0.6) is 0 Å². The standard InChI is InChI=1S/C25H24N6OS2/c1-15-13-21-28-29-25(31(21)18-7-3-2-5-16(15)18)34-24-22-17-6-4-8-19(17)33-23(22)26-20(27-24)14-30-9-11-32-12-10-30/h2-3,5,7,13H,4,6,8-12,14H2,1H3/p+1. The van der Waals surface area contributed by atoms with Gasteiger partial charge in [0.1, 0.15) is 29.5 Å². The summed E-state index contributed by atoms with van der Waals surface area (Å²) in [5, 5.41) is 13.5. The van der Waals surface area contributed by atoms with Gasteiger partial charge in [-0.25, -0.2) is 9.97 Å². The predicted octanol–water partition coefficient (Wildman–Crippen LogP) is 3.25. The number of para-hydroxylation sites is 1. The molecule has 1 fully saturated rings. The smallest absolute Gasteiger partial charge is 0.202 e. The van der Waals surface area contributed by atoms with Crippen LogP contribution in [0.4, 0.5) is 0 Å². The molecule has 9 heteroatoms. The van der Waals surface area contributed by atoms with Gasteiger partial charge < -0.3 is 9.64 Å². The number of nitrogens with zero attached hydrogens (tertiary/aromatic N) is 5. The molecule has 2 aliphatic rings. The van der Waals surface area contributed by atoms with Crippen LogP contribution in [-0.2, 0) is 24.1 Å². The average molecular weight is 490 g/mol. The van der Waals surface area contributed by atoms with Crippen molar-refractivity contribution >= 4 is 49.9 Å². The minimum absolute atomic E-state index is 0.810. The lowest BCUT2D eigenvalue weighted by Crippen LogP contribution is -3.12. The van der Waals surface area contributed by atoms with Gasteiger partial charge in [-0.2, -0.15) is 0 Å². The van der Waals surface area contributed by atoms with Gasteiger partial charge in [0, 0.05) is 15.6 Å². The number of rotatable bonds is 4. The minimum Gasteiger partial charge on any atom is -0.370 e. The molecule has 0 atom stereocenters. The summed E-state index contributed by atoms with van der Waals surface area (Å²) in [5.74, 6) is 0.918. The van der Waals surface area contributed by atoms with Gasteiger partial charge in [0.2, 0.25) is 5.16 Å². The zero-order valence-electron chi connectivity index (χ0n) is 19.0. The number of aryl methyl sites for hydroxylation is 3. The van der Waals surface area contributed by atoms with E-state index in [0.29, 0.717) is 0 Å². The summed E-state index contributed by atoms with van der Waals surface area (Å²) in [4.78, 5) is 14.3. The number of nitrogens with one attached hydrogen (secondary N) is 1. The summed E-state index contributed by atoms with van der Waals surface area (Å²) in [6.45, 7) is 6.59. The van der Waals surface area contributed by atoms with Gasteiger partial charge >= 0.3 is 0 Å². The largest absolute Gasteiger partial charge is 0.370 e. The molecule has 1 N–H and O–H groups in total. The maximum absolute atomic E-state index is 5.55. The number of ether oxygens (including phenoxy) is 1. The molecule has 7 nitrogen and oxygen atoms in total. The molecule has 7 rings (SSSR count). The molecular weight excluding hydrogens is 464 g/mol. The number of quaternary nitrogens is 1. The Morgan fingerprint density at radius 1 is 1.12 bits per heavy atom. The monoisotopic (exact) mass is 489 g/mol. The molecule has 0 amide bonds. The lowest BCUT2D eigenvalue weighted by atomic mass is 10.1. The van der Waals surface area contributed by atoms with E-state index in [0.717, 1.165) is 77.7 Å². The molecule has 1 aromatic carbocycles. The summed E-state index contributed by atoms with van der Waals surface area (Å²) in [6.07, 6.45) is 3.49. The van der Waals surface area contributed by atoms with Crippen molar-refractivity contribution in [3.05, 3.63) is 52.2 Å². The van der Waals surface area contributed by atoms with Crippen molar-refractivity contribution in [1.82, 2.24) is 24.6 Å². The van der Waals surface area contributed by atoms with E-state index in [1.54, 1.807) is 11.8 Å². The summed E-state index contributed by atoms with van der Waals surface area (Å²) in [6, 6.07) is 10.6. The zero-order valence-corrected chi connectivity index (χ0v) is 20.6. The summed E-state index contributed by atoms with van der Waals surface area (Å²) >= 11 is 3.49. The van der Waals surface area contributed by atoms with Crippen molar-refractivity contribution in [3.8, 4) is 0 Å². The molecule has 5 aromatic rings. The van der Waals surface area contributed by atoms with Crippen LogP contribution < -0.4 is 4.90 Å². The highest BCUT2D eigenvalue weighted by Gasteiger charge is 2.25. The SMILES string of the molecule is Cc1cc2nnc(Sc3nc(C[NH+]4CCOCC4)nc4sc5c(c34)CCC5)n2c2ccccc12. The molecule has 34 heavy (non-hydrogen) atoms. The van der Waals surface area contributed by atoms with E-state index >= 15 is 0 Å². The molecule has 0 saturated carbocycles. The highest BCUT2D eigenvalue weighted by molar-refractivity contribution is 7.99. The van der Waals surface area contributed by atoms with Crippen LogP contribution in [0.3, 0.4) is 0 Å². The van der Waals surface area contributed by atoms with E-state index in [1.807, 2.05) is 11.3 Å². The maximum atomic E-state index is 5.55. The average Bonchev–Trinajstić information content (AvgIpc) is 3.55. The Morgan fingerprint density at radius 2 is 2.00 bits per heavy atom. The van der Waals surface area contributed by atoms with Crippen molar-refractivity contribution < 1.29 is 9.64 Å². The predicted molar refractivity (Wildman–Crippen MR) is 134 cm³/mol. The van der Waals surface area contributed by atoms with E-state index in [2.05, 4.69) is 51.9 Å². The number of thiophene rings is 1. The Labute approximate surface area is 205 Å². The molecule has 0 unspecified atom stereocenters. The molecule has 1 saturated heterocycles. The highest BCUT2D eigenvalue weighted by atomic mass is 32.2. The fourth-order valence-corrected chi connectivity index (χ4v) is 7.60. The highest BCUT2D eigenvalue weighted by Crippen LogP contribution is 2.42. The first-order chi connectivity index (χ1) is 16.7. The zero-order chi connectivity index (χ0) is 22.6. The van der Waals surface area contributed by atoms with Crippen molar-refractivity contribution in [2.24, 2.45) is 0 Å². The number of aromatic nitrogens is 5. The number of hydrogen-bond acceptors (Lipinski definition) is 7. The normalized spacial score (nSPS) is 16.7. The molecule has 4 aromatic heterocycles. The lowest BCUT2D eigenvalue weighted by molar-refractivity contribution is -0.922. The maximum Gasteiger partial charge on any atom is 0.202 e. The first-order valence-corrected chi connectivity index (χ1v) is 13.5. The summed E-state index contributed by atoms with van der Waals surface area (Å²) < 4.78 is 7.71. The second kappa shape index (κ2) is 8.27. The Hall–Kier alpha value is -2.59. The van der Waals surface area contributed by atoms with Crippen molar-refractivity contribution in [2.75, 3.05) is 26.3 Å². The van der Waals surface area contributed by atoms with E-state index in [4.69, 9.17) is 14.7 Å². The number of fused-ring (bicyclic) bond motifs is 6. The van der Waals surface area contributed by atoms with Gasteiger partial charge in [-0.05, 0) is 61.2 Å². The summed E-state index contributed by atoms with van der Waals surface area (Å²) in [7, 11) is 0. The van der Waals surface area contributed by atoms with Gasteiger partial charge in [-0.15, -0.1) is 21.5 Å². The second-order valence-corrected chi connectivity index (χ2v) is 11.2. The van der Waals surface area contributed by atoms with Gasteiger partial charge in [-0.3, -0.25) is 4.40 Å². The fourth-order valence-electron chi connectivity index (χ4n) is 5.25. The van der Waals surface area contributed by atoms with Gasteiger partial charge in [0.05, 0.1) is 18.7 Å². The van der Waals surface area contributed by atoms with E-state index in [9.17, 15) is 0 Å². The van der Waals surface area contributed by atoms with Crippen LogP contribution in [0.2, 0.25) is 0 Å². The molecule has 172 valence electrons. The van der Waals surface area contributed by atoms with E-state index in [-0.39, 0.29) is 0 Å². The quantitative estimate of drug-likeness (QED) is 0.391. The van der Waals surface area contributed by atoms with Gasteiger partial charge in [0.25, 0.3) is 0 Å². The van der Waals surface area contributed by atoms with Crippen LogP contribution in [0.25, 0.3) is 26.8 Å². The topological polar surface area (TPSA) is 69.6 Å². The Bertz CT molecular complexity index is 1550. The van der Waals surface area contributed by atoms with E-state index < -0.39 is 0 Å². The Kier molecular flexibility index (Phi) is 5.05. The van der Waals surface area contributed by atoms with Crippen molar-refractivity contribution in [2.45, 2.75) is 42.9 Å². The third-order valence-electron chi connectivity index (χ3n) is 6.95. The van der Waals surface area contributed by atoms with Crippen LogP contribution in [-0.4, -0.2) is 50.9 Å². The van der Waals surface area contributed by atoms with Gasteiger partial charge in [-0.1, -0.05) is 18.2 Å². The van der Waals surface area contributed by atoms with Crippen LogP contribution >= 0.6 is 23.1 Å². The molecule has 0 spiro atoms. The number of pyridine rings is 1. The Balaban J connectivity index is 1.37. The van der Waals surface area contributed by atoms with E-state index in [1.165, 1.54) is 38.1 Å². The number of morpholine rings is 1. The van der Waals surface area contributed by atoms with Crippen molar-refractivity contribution in [1.29, 1.82) is 0 Å². The van der Waals surface area contributed by atoms with Crippen molar-refractivity contribution in [3.63, 3.8) is 0 Å². The molecule has 0 bridgehead atoms. The minimum atomic E-state index is 0.810. The molecule has 0 radical (unpaired) electrons. The first kappa shape index (κ1) is 20.8. The van der Waals surface area contributed by atoms with Gasteiger partial charge in [0.15, 0.2) is 11.5 Å².